The van der Waals surface area contributed by atoms with E-state index in [4.69, 9.17) is 0 Å². The first kappa shape index (κ1) is 20.0. The summed E-state index contributed by atoms with van der Waals surface area (Å²) in [5.41, 5.74) is -0.0592. The molecule has 1 heterocycles. The third-order valence-electron chi connectivity index (χ3n) is 5.48. The number of nitrogens with zero attached hydrogens (tertiary/aromatic N) is 1. The van der Waals surface area contributed by atoms with Crippen molar-refractivity contribution in [1.29, 1.82) is 0 Å². The highest BCUT2D eigenvalue weighted by Crippen LogP contribution is 2.46. The molecule has 1 aliphatic heterocycles. The van der Waals surface area contributed by atoms with E-state index < -0.39 is 17.5 Å². The Morgan fingerprint density at radius 3 is 2.61 bits per heavy atom. The monoisotopic (exact) mass is 385 g/mol. The van der Waals surface area contributed by atoms with Gasteiger partial charge in [0.15, 0.2) is 5.78 Å². The Kier molecular flexibility index (Phi) is 5.04. The van der Waals surface area contributed by atoms with E-state index in [-0.39, 0.29) is 23.7 Å². The number of carbonyl (C=O) groups excluding carboxylic acids is 4. The average molecular weight is 385 g/mol. The van der Waals surface area contributed by atoms with Crippen LogP contribution in [0.15, 0.2) is 24.3 Å². The summed E-state index contributed by atoms with van der Waals surface area (Å²) < 4.78 is 0. The molecule has 1 aromatic rings. The highest BCUT2D eigenvalue weighted by molar-refractivity contribution is 6.10. The fourth-order valence-corrected chi connectivity index (χ4v) is 4.81. The van der Waals surface area contributed by atoms with E-state index in [2.05, 4.69) is 31.4 Å². The maximum absolute atomic E-state index is 13.1. The molecule has 0 aromatic heterocycles. The van der Waals surface area contributed by atoms with Crippen molar-refractivity contribution in [3.8, 4) is 0 Å². The summed E-state index contributed by atoms with van der Waals surface area (Å²) in [6.45, 7) is 7.37. The Bertz CT molecular complexity index is 848. The Labute approximate surface area is 164 Å². The number of hydrogen-bond donors (Lipinski definition) is 2. The number of rotatable bonds is 4. The fraction of sp³-hybridized carbons (Fsp3) is 0.524. The van der Waals surface area contributed by atoms with Crippen LogP contribution in [0.5, 0.6) is 0 Å². The summed E-state index contributed by atoms with van der Waals surface area (Å²) in [4.78, 5) is 50.5. The lowest BCUT2D eigenvalue weighted by atomic mass is 9.64. The van der Waals surface area contributed by atoms with Crippen molar-refractivity contribution in [2.75, 3.05) is 11.9 Å². The van der Waals surface area contributed by atoms with Crippen LogP contribution in [-0.4, -0.2) is 40.6 Å². The van der Waals surface area contributed by atoms with Crippen LogP contribution in [0.2, 0.25) is 0 Å². The van der Waals surface area contributed by atoms with Gasteiger partial charge in [0.05, 0.1) is 0 Å². The Morgan fingerprint density at radius 1 is 1.25 bits per heavy atom. The van der Waals surface area contributed by atoms with Crippen LogP contribution in [0.1, 0.15) is 57.3 Å². The third-order valence-corrected chi connectivity index (χ3v) is 5.48. The number of hydrogen-bond acceptors (Lipinski definition) is 4. The van der Waals surface area contributed by atoms with Crippen LogP contribution in [-0.2, 0) is 9.59 Å². The van der Waals surface area contributed by atoms with Crippen LogP contribution < -0.4 is 10.6 Å². The van der Waals surface area contributed by atoms with Gasteiger partial charge >= 0.3 is 6.03 Å². The number of nitrogens with one attached hydrogen (secondary N) is 2. The van der Waals surface area contributed by atoms with Crippen LogP contribution >= 0.6 is 0 Å². The van der Waals surface area contributed by atoms with E-state index in [1.807, 2.05) is 0 Å². The highest BCUT2D eigenvalue weighted by atomic mass is 16.2. The van der Waals surface area contributed by atoms with Gasteiger partial charge in [0, 0.05) is 11.3 Å². The minimum atomic E-state index is -0.924. The van der Waals surface area contributed by atoms with E-state index in [9.17, 15) is 19.2 Å². The number of amides is 4. The van der Waals surface area contributed by atoms with Crippen molar-refractivity contribution in [2.45, 2.75) is 52.5 Å². The molecule has 1 aromatic carbocycles. The average Bonchev–Trinajstić information content (AvgIpc) is 2.76. The van der Waals surface area contributed by atoms with Crippen LogP contribution in [0.25, 0.3) is 0 Å². The molecule has 28 heavy (non-hydrogen) atoms. The maximum atomic E-state index is 13.1. The zero-order valence-electron chi connectivity index (χ0n) is 16.8. The molecule has 1 spiro atoms. The summed E-state index contributed by atoms with van der Waals surface area (Å²) in [6, 6.07) is 6.02. The van der Waals surface area contributed by atoms with Gasteiger partial charge in [-0.15, -0.1) is 0 Å². The van der Waals surface area contributed by atoms with E-state index in [1.165, 1.54) is 6.92 Å². The van der Waals surface area contributed by atoms with Gasteiger partial charge in [-0.25, -0.2) is 4.79 Å². The van der Waals surface area contributed by atoms with Gasteiger partial charge in [-0.05, 0) is 49.7 Å². The summed E-state index contributed by atoms with van der Waals surface area (Å²) in [5.74, 6) is -0.619. The van der Waals surface area contributed by atoms with Crippen molar-refractivity contribution in [3.63, 3.8) is 0 Å². The smallest absolute Gasteiger partial charge is 0.325 e. The number of Topliss-reactive ketones (excluding diaryl/α,β-unsaturated/α-hetero) is 1. The van der Waals surface area contributed by atoms with Gasteiger partial charge < -0.3 is 10.6 Å². The molecule has 1 saturated carbocycles. The van der Waals surface area contributed by atoms with Gasteiger partial charge in [-0.3, -0.25) is 19.3 Å². The molecule has 2 aliphatic rings. The largest absolute Gasteiger partial charge is 0.325 e. The number of ketones is 1. The molecule has 1 aliphatic carbocycles. The number of carbonyl (C=O) groups is 4. The van der Waals surface area contributed by atoms with Crippen molar-refractivity contribution in [3.05, 3.63) is 29.8 Å². The first-order chi connectivity index (χ1) is 13.0. The van der Waals surface area contributed by atoms with Crippen molar-refractivity contribution < 1.29 is 19.2 Å². The molecule has 3 rings (SSSR count). The quantitative estimate of drug-likeness (QED) is 0.615. The van der Waals surface area contributed by atoms with Crippen LogP contribution in [0.4, 0.5) is 10.5 Å². The molecule has 0 bridgehead atoms. The number of benzene rings is 1. The van der Waals surface area contributed by atoms with Crippen molar-refractivity contribution in [1.82, 2.24) is 10.2 Å². The van der Waals surface area contributed by atoms with Crippen LogP contribution in [0.3, 0.4) is 0 Å². The minimum Gasteiger partial charge on any atom is -0.325 e. The second-order valence-corrected chi connectivity index (χ2v) is 8.94. The van der Waals surface area contributed by atoms with Gasteiger partial charge in [-0.1, -0.05) is 32.9 Å². The van der Waals surface area contributed by atoms with Crippen molar-refractivity contribution >= 4 is 29.3 Å². The molecule has 0 radical (unpaired) electrons. The molecule has 7 nitrogen and oxygen atoms in total. The second kappa shape index (κ2) is 7.04. The predicted octanol–water partition coefficient (Wildman–Crippen LogP) is 2.96. The minimum absolute atomic E-state index is 0.0635. The standard InChI is InChI=1S/C21H27N3O4/c1-13-9-20(3,4)12-21(10-13)18(27)24(19(28)23-21)11-17(26)22-16-7-5-6-15(8-16)14(2)25/h5-8,13H,9-12H2,1-4H3,(H,22,26)(H,23,28)/t13-,21+/m0/s1. The summed E-state index contributed by atoms with van der Waals surface area (Å²) in [5, 5.41) is 5.52. The van der Waals surface area contributed by atoms with Gasteiger partial charge in [0.2, 0.25) is 5.91 Å². The lowest BCUT2D eigenvalue weighted by Gasteiger charge is -2.43. The lowest BCUT2D eigenvalue weighted by molar-refractivity contribution is -0.136. The summed E-state index contributed by atoms with van der Waals surface area (Å²) in [6.07, 6.45) is 2.14. The first-order valence-electron chi connectivity index (χ1n) is 9.56. The zero-order chi connectivity index (χ0) is 20.7. The first-order valence-corrected chi connectivity index (χ1v) is 9.56. The molecule has 1 saturated heterocycles. The van der Waals surface area contributed by atoms with E-state index in [0.717, 1.165) is 11.3 Å². The molecule has 0 unspecified atom stereocenters. The Hall–Kier alpha value is -2.70. The van der Waals surface area contributed by atoms with Crippen LogP contribution in [0, 0.1) is 11.3 Å². The molecule has 2 fully saturated rings. The molecule has 7 heteroatoms. The lowest BCUT2D eigenvalue weighted by Crippen LogP contribution is -2.54. The molecular formula is C21H27N3O4. The number of urea groups is 1. The van der Waals surface area contributed by atoms with Gasteiger partial charge in [0.25, 0.3) is 5.91 Å². The molecule has 2 atom stereocenters. The number of anilines is 1. The summed E-state index contributed by atoms with van der Waals surface area (Å²) in [7, 11) is 0. The highest BCUT2D eigenvalue weighted by Gasteiger charge is 2.56. The topological polar surface area (TPSA) is 95.6 Å². The van der Waals surface area contributed by atoms with Crippen molar-refractivity contribution in [2.24, 2.45) is 11.3 Å². The maximum Gasteiger partial charge on any atom is 0.325 e. The van der Waals surface area contributed by atoms with E-state index in [1.54, 1.807) is 24.3 Å². The molecule has 150 valence electrons. The number of imide groups is 1. The normalized spacial score (nSPS) is 26.3. The predicted molar refractivity (Wildman–Crippen MR) is 105 cm³/mol. The molecule has 4 amide bonds. The van der Waals surface area contributed by atoms with E-state index >= 15 is 0 Å². The van der Waals surface area contributed by atoms with E-state index in [0.29, 0.717) is 30.0 Å². The summed E-state index contributed by atoms with van der Waals surface area (Å²) >= 11 is 0. The fourth-order valence-electron chi connectivity index (χ4n) is 4.81. The molecular weight excluding hydrogens is 358 g/mol. The zero-order valence-corrected chi connectivity index (χ0v) is 16.8. The Morgan fingerprint density at radius 2 is 1.96 bits per heavy atom. The van der Waals surface area contributed by atoms with Gasteiger partial charge in [0.1, 0.15) is 12.1 Å². The third kappa shape index (κ3) is 3.93. The Balaban J connectivity index is 1.71. The van der Waals surface area contributed by atoms with Gasteiger partial charge in [-0.2, -0.15) is 0 Å². The molecule has 2 N–H and O–H groups in total. The SMILES string of the molecule is CC(=O)c1cccc(NC(=O)CN2C(=O)N[C@@]3(C[C@@H](C)CC(C)(C)C3)C2=O)c1. The second-order valence-electron chi connectivity index (χ2n) is 8.94.